The first kappa shape index (κ1) is 26.7. The van der Waals surface area contributed by atoms with Crippen molar-refractivity contribution in [3.63, 3.8) is 0 Å². The van der Waals surface area contributed by atoms with Gasteiger partial charge in [-0.2, -0.15) is 0 Å². The highest BCUT2D eigenvalue weighted by atomic mass is 16.7. The van der Waals surface area contributed by atoms with Crippen LogP contribution in [0.2, 0.25) is 0 Å². The monoisotopic (exact) mass is 509 g/mol. The van der Waals surface area contributed by atoms with Gasteiger partial charge >= 0.3 is 0 Å². The Morgan fingerprint density at radius 2 is 1.38 bits per heavy atom. The Labute approximate surface area is 216 Å². The minimum absolute atomic E-state index is 0.0322. The predicted molar refractivity (Wildman–Crippen MR) is 135 cm³/mol. The lowest BCUT2D eigenvalue weighted by Crippen LogP contribution is -2.62. The molecule has 1 heterocycles. The first-order valence-corrected chi connectivity index (χ1v) is 12.0. The lowest BCUT2D eigenvalue weighted by atomic mass is 9.98. The summed E-state index contributed by atoms with van der Waals surface area (Å²) in [6.07, 6.45) is -3.07. The number of nitro groups is 1. The number of nitro benzene ring substituents is 1. The van der Waals surface area contributed by atoms with Crippen molar-refractivity contribution in [2.24, 2.45) is 0 Å². The number of ether oxygens (including phenoxy) is 6. The quantitative estimate of drug-likeness (QED) is 0.259. The highest BCUT2D eigenvalue weighted by Gasteiger charge is 2.48. The van der Waals surface area contributed by atoms with Crippen LogP contribution in [-0.4, -0.2) is 56.5 Å². The zero-order valence-electron chi connectivity index (χ0n) is 20.8. The predicted octanol–water partition coefficient (Wildman–Crippen LogP) is 4.53. The van der Waals surface area contributed by atoms with Crippen molar-refractivity contribution in [3.05, 3.63) is 106 Å². The van der Waals surface area contributed by atoms with E-state index in [2.05, 4.69) is 0 Å². The first-order valence-electron chi connectivity index (χ1n) is 12.0. The Morgan fingerprint density at radius 3 is 1.95 bits per heavy atom. The second-order valence-electron chi connectivity index (χ2n) is 8.57. The number of benzene rings is 3. The van der Waals surface area contributed by atoms with Crippen molar-refractivity contribution in [2.45, 2.75) is 43.9 Å². The second-order valence-corrected chi connectivity index (χ2v) is 8.57. The van der Waals surface area contributed by atoms with E-state index in [1.165, 1.54) is 24.3 Å². The topological polar surface area (TPSA) is 98.5 Å². The summed E-state index contributed by atoms with van der Waals surface area (Å²) in [6, 6.07) is 25.4. The highest BCUT2D eigenvalue weighted by Crippen LogP contribution is 2.31. The number of rotatable bonds is 12. The molecule has 37 heavy (non-hydrogen) atoms. The lowest BCUT2D eigenvalue weighted by molar-refractivity contribution is -0.384. The van der Waals surface area contributed by atoms with E-state index in [1.807, 2.05) is 60.7 Å². The second kappa shape index (κ2) is 13.3. The first-order chi connectivity index (χ1) is 18.1. The van der Waals surface area contributed by atoms with E-state index >= 15 is 0 Å². The van der Waals surface area contributed by atoms with Gasteiger partial charge in [0.05, 0.1) is 24.7 Å². The standard InChI is InChI=1S/C28H31NO8/c1-32-25-24(19-34-17-20-9-5-3-6-10-20)37-28(36-23-15-13-22(14-16-23)29(30)31)27(26(25)33-2)35-18-21-11-7-4-8-12-21/h3-16,24-28H,17-19H2,1-2H3/t24-,25+,26+,27-,28+/m1/s1. The Morgan fingerprint density at radius 1 is 0.784 bits per heavy atom. The van der Waals surface area contributed by atoms with Crippen LogP contribution in [0.3, 0.4) is 0 Å². The molecule has 0 radical (unpaired) electrons. The van der Waals surface area contributed by atoms with Gasteiger partial charge in [0.15, 0.2) is 0 Å². The molecule has 9 nitrogen and oxygen atoms in total. The molecular formula is C28H31NO8. The molecule has 0 aliphatic carbocycles. The highest BCUT2D eigenvalue weighted by molar-refractivity contribution is 5.36. The van der Waals surface area contributed by atoms with Gasteiger partial charge in [0.25, 0.3) is 5.69 Å². The fourth-order valence-corrected chi connectivity index (χ4v) is 4.25. The zero-order valence-corrected chi connectivity index (χ0v) is 20.8. The van der Waals surface area contributed by atoms with E-state index in [1.54, 1.807) is 14.2 Å². The largest absolute Gasteiger partial charge is 0.462 e. The van der Waals surface area contributed by atoms with Gasteiger partial charge in [-0.1, -0.05) is 60.7 Å². The van der Waals surface area contributed by atoms with Gasteiger partial charge in [0.2, 0.25) is 6.29 Å². The molecule has 0 amide bonds. The van der Waals surface area contributed by atoms with Crippen LogP contribution in [0, 0.1) is 10.1 Å². The third-order valence-corrected chi connectivity index (χ3v) is 6.11. The Balaban J connectivity index is 1.52. The minimum Gasteiger partial charge on any atom is -0.462 e. The fourth-order valence-electron chi connectivity index (χ4n) is 4.25. The molecule has 3 aromatic carbocycles. The Kier molecular flexibility index (Phi) is 9.58. The molecule has 3 aromatic rings. The Hall–Kier alpha value is -3.34. The summed E-state index contributed by atoms with van der Waals surface area (Å²) in [6.45, 7) is 0.954. The van der Waals surface area contributed by atoms with Crippen LogP contribution in [0.15, 0.2) is 84.9 Å². The molecule has 0 saturated carbocycles. The van der Waals surface area contributed by atoms with Crippen LogP contribution in [-0.2, 0) is 36.9 Å². The molecule has 0 N–H and O–H groups in total. The normalized spacial score (nSPS) is 23.5. The molecule has 4 rings (SSSR count). The van der Waals surface area contributed by atoms with Gasteiger partial charge in [-0.3, -0.25) is 10.1 Å². The maximum atomic E-state index is 11.0. The summed E-state index contributed by atoms with van der Waals surface area (Å²) in [5, 5.41) is 11.0. The molecule has 196 valence electrons. The van der Waals surface area contributed by atoms with Gasteiger partial charge in [-0.25, -0.2) is 0 Å². The third-order valence-electron chi connectivity index (χ3n) is 6.11. The van der Waals surface area contributed by atoms with E-state index < -0.39 is 35.6 Å². The molecule has 5 atom stereocenters. The van der Waals surface area contributed by atoms with Crippen molar-refractivity contribution in [3.8, 4) is 5.75 Å². The molecular weight excluding hydrogens is 478 g/mol. The maximum Gasteiger partial charge on any atom is 0.269 e. The van der Waals surface area contributed by atoms with Gasteiger partial charge in [0.1, 0.15) is 30.2 Å². The van der Waals surface area contributed by atoms with Gasteiger partial charge in [-0.15, -0.1) is 0 Å². The molecule has 0 unspecified atom stereocenters. The number of hydrogen-bond acceptors (Lipinski definition) is 8. The molecule has 1 saturated heterocycles. The van der Waals surface area contributed by atoms with Crippen LogP contribution in [0.4, 0.5) is 5.69 Å². The molecule has 9 heteroatoms. The van der Waals surface area contributed by atoms with Crippen molar-refractivity contribution < 1.29 is 33.3 Å². The van der Waals surface area contributed by atoms with E-state index in [0.29, 0.717) is 19.0 Å². The number of non-ortho nitro benzene ring substituents is 1. The summed E-state index contributed by atoms with van der Waals surface area (Å²) in [4.78, 5) is 10.6. The summed E-state index contributed by atoms with van der Waals surface area (Å²) in [5.74, 6) is 0.401. The SMILES string of the molecule is CO[C@H]1[C@@H](OC)[C@@H](COCc2ccccc2)O[C@H](Oc2ccc([N+](=O)[O-])cc2)[C@@H]1OCc1ccccc1. The van der Waals surface area contributed by atoms with E-state index in [0.717, 1.165) is 11.1 Å². The smallest absolute Gasteiger partial charge is 0.269 e. The zero-order chi connectivity index (χ0) is 26.0. The third kappa shape index (κ3) is 7.12. The van der Waals surface area contributed by atoms with Crippen LogP contribution in [0.1, 0.15) is 11.1 Å². The van der Waals surface area contributed by atoms with Crippen LogP contribution in [0.5, 0.6) is 5.75 Å². The van der Waals surface area contributed by atoms with Gasteiger partial charge in [-0.05, 0) is 23.3 Å². The van der Waals surface area contributed by atoms with Crippen LogP contribution in [0.25, 0.3) is 0 Å². The molecule has 1 fully saturated rings. The van der Waals surface area contributed by atoms with Gasteiger partial charge in [0, 0.05) is 26.4 Å². The lowest BCUT2D eigenvalue weighted by Gasteiger charge is -2.44. The molecule has 1 aliphatic heterocycles. The summed E-state index contributed by atoms with van der Waals surface area (Å²) >= 11 is 0. The fraction of sp³-hybridized carbons (Fsp3) is 0.357. The summed E-state index contributed by atoms with van der Waals surface area (Å²) in [7, 11) is 3.18. The van der Waals surface area contributed by atoms with Crippen molar-refractivity contribution in [1.82, 2.24) is 0 Å². The average molecular weight is 510 g/mol. The number of hydrogen-bond donors (Lipinski definition) is 0. The number of methoxy groups -OCH3 is 2. The molecule has 0 bridgehead atoms. The maximum absolute atomic E-state index is 11.0. The molecule has 1 aliphatic rings. The van der Waals surface area contributed by atoms with Crippen LogP contribution < -0.4 is 4.74 Å². The van der Waals surface area contributed by atoms with Crippen molar-refractivity contribution in [2.75, 3.05) is 20.8 Å². The molecule has 0 aromatic heterocycles. The van der Waals surface area contributed by atoms with Gasteiger partial charge < -0.3 is 28.4 Å². The average Bonchev–Trinajstić information content (AvgIpc) is 2.93. The summed E-state index contributed by atoms with van der Waals surface area (Å²) < 4.78 is 36.4. The number of nitrogens with zero attached hydrogens (tertiary/aromatic N) is 1. The van der Waals surface area contributed by atoms with Crippen molar-refractivity contribution in [1.29, 1.82) is 0 Å². The Bertz CT molecular complexity index is 1100. The van der Waals surface area contributed by atoms with Crippen molar-refractivity contribution >= 4 is 5.69 Å². The summed E-state index contributed by atoms with van der Waals surface area (Å²) in [5.41, 5.74) is 1.99. The van der Waals surface area contributed by atoms with Crippen LogP contribution >= 0.6 is 0 Å². The van der Waals surface area contributed by atoms with E-state index in [-0.39, 0.29) is 12.3 Å². The minimum atomic E-state index is -0.883. The van der Waals surface area contributed by atoms with E-state index in [4.69, 9.17) is 28.4 Å². The van der Waals surface area contributed by atoms with E-state index in [9.17, 15) is 10.1 Å². The molecule has 0 spiro atoms.